The molecular weight excluding hydrogens is 585 g/mol. The lowest BCUT2D eigenvalue weighted by Gasteiger charge is -2.38. The number of hydrogen-bond donors (Lipinski definition) is 1. The third kappa shape index (κ3) is 5.72. The van der Waals surface area contributed by atoms with E-state index in [9.17, 15) is 17.8 Å². The van der Waals surface area contributed by atoms with E-state index in [0.717, 1.165) is 0 Å². The van der Waals surface area contributed by atoms with Gasteiger partial charge in [0.05, 0.1) is 26.1 Å². The molecular formula is C18H21Br2ClNO6PS. The summed E-state index contributed by atoms with van der Waals surface area (Å²) in [5.74, 6) is -0.447. The van der Waals surface area contributed by atoms with Crippen molar-refractivity contribution in [2.24, 2.45) is 0 Å². The quantitative estimate of drug-likeness (QED) is 0.393. The maximum absolute atomic E-state index is 14.0. The molecule has 0 unspecified atom stereocenters. The Morgan fingerprint density at radius 1 is 1.00 bits per heavy atom. The first-order valence-electron chi connectivity index (χ1n) is 8.79. The fourth-order valence-corrected chi connectivity index (χ4v) is 8.54. The maximum Gasteiger partial charge on any atom is 0.359 e. The van der Waals surface area contributed by atoms with Gasteiger partial charge in [0.25, 0.3) is 0 Å². The SMILES string of the molecule is CC(C)OP(=O)(OC(C)C)C1(NS(=O)(=O)c2ccc(Cl)cc2)C=C(Br)C(=O)C(Br)=C1. The number of ketones is 1. The minimum atomic E-state index is -4.25. The van der Waals surface area contributed by atoms with Crippen LogP contribution in [0, 0.1) is 0 Å². The van der Waals surface area contributed by atoms with Crippen molar-refractivity contribution in [3.05, 3.63) is 50.4 Å². The number of benzene rings is 1. The lowest BCUT2D eigenvalue weighted by molar-refractivity contribution is -0.111. The third-order valence-electron chi connectivity index (χ3n) is 3.70. The maximum atomic E-state index is 14.0. The lowest BCUT2D eigenvalue weighted by atomic mass is 10.1. The van der Waals surface area contributed by atoms with E-state index in [4.69, 9.17) is 20.6 Å². The zero-order chi connectivity index (χ0) is 22.9. The van der Waals surface area contributed by atoms with Crippen molar-refractivity contribution in [1.82, 2.24) is 4.72 Å². The minimum Gasteiger partial charge on any atom is -0.304 e. The number of nitrogens with one attached hydrogen (secondary N) is 1. The van der Waals surface area contributed by atoms with Gasteiger partial charge in [0, 0.05) is 5.02 Å². The van der Waals surface area contributed by atoms with E-state index in [1.54, 1.807) is 27.7 Å². The average Bonchev–Trinajstić information content (AvgIpc) is 2.58. The van der Waals surface area contributed by atoms with Gasteiger partial charge in [0.15, 0.2) is 5.28 Å². The van der Waals surface area contributed by atoms with E-state index in [0.29, 0.717) is 5.02 Å². The zero-order valence-electron chi connectivity index (χ0n) is 16.6. The van der Waals surface area contributed by atoms with E-state index in [1.807, 2.05) is 0 Å². The Labute approximate surface area is 198 Å². The van der Waals surface area contributed by atoms with Crippen LogP contribution in [0.2, 0.25) is 5.02 Å². The van der Waals surface area contributed by atoms with Gasteiger partial charge in [-0.2, -0.15) is 4.72 Å². The molecule has 1 aromatic carbocycles. The second kappa shape index (κ2) is 9.67. The number of halogens is 3. The van der Waals surface area contributed by atoms with Gasteiger partial charge in [-0.25, -0.2) is 8.42 Å². The summed E-state index contributed by atoms with van der Waals surface area (Å²) >= 11 is 12.1. The molecule has 12 heteroatoms. The molecule has 0 aromatic heterocycles. The van der Waals surface area contributed by atoms with Crippen LogP contribution < -0.4 is 4.72 Å². The average molecular weight is 606 g/mol. The summed E-state index contributed by atoms with van der Waals surface area (Å²) in [5.41, 5.74) is 0. The van der Waals surface area contributed by atoms with Gasteiger partial charge in [0.2, 0.25) is 15.8 Å². The molecule has 0 amide bonds. The monoisotopic (exact) mass is 603 g/mol. The van der Waals surface area contributed by atoms with Crippen LogP contribution in [0.3, 0.4) is 0 Å². The predicted octanol–water partition coefficient (Wildman–Crippen LogP) is 5.50. The largest absolute Gasteiger partial charge is 0.359 e. The molecule has 0 heterocycles. The number of hydrogen-bond acceptors (Lipinski definition) is 6. The molecule has 1 aliphatic carbocycles. The van der Waals surface area contributed by atoms with Crippen LogP contribution in [-0.4, -0.2) is 31.7 Å². The highest BCUT2D eigenvalue weighted by atomic mass is 79.9. The van der Waals surface area contributed by atoms with Crippen LogP contribution in [0.15, 0.2) is 50.3 Å². The number of allylic oxidation sites excluding steroid dienone is 2. The highest BCUT2D eigenvalue weighted by molar-refractivity contribution is 9.13. The van der Waals surface area contributed by atoms with Gasteiger partial charge in [-0.3, -0.25) is 9.36 Å². The first-order valence-corrected chi connectivity index (χ1v) is 13.8. The van der Waals surface area contributed by atoms with Crippen molar-refractivity contribution in [3.8, 4) is 0 Å². The van der Waals surface area contributed by atoms with Gasteiger partial charge in [-0.1, -0.05) is 11.6 Å². The molecule has 7 nitrogen and oxygen atoms in total. The molecule has 166 valence electrons. The van der Waals surface area contributed by atoms with Crippen LogP contribution in [0.1, 0.15) is 27.7 Å². The number of carbonyl (C=O) groups is 1. The topological polar surface area (TPSA) is 98.8 Å². The fraction of sp³-hybridized carbons (Fsp3) is 0.389. The standard InChI is InChI=1S/C18H21Br2ClNO6PS/c1-11(2)27-29(24,28-12(3)4)18(9-15(19)17(23)16(20)10-18)22-30(25,26)14-7-5-13(21)6-8-14/h5-12,22H,1-4H3. The van der Waals surface area contributed by atoms with Crippen molar-refractivity contribution >= 4 is 66.9 Å². The summed E-state index contributed by atoms with van der Waals surface area (Å²) in [4.78, 5) is 12.2. The molecule has 1 aliphatic rings. The second-order valence-corrected chi connectivity index (χ2v) is 13.0. The molecule has 30 heavy (non-hydrogen) atoms. The third-order valence-corrected chi connectivity index (χ3v) is 9.46. The number of Topliss-reactive ketones (excluding diaryl/α,β-unsaturated/α-hetero) is 1. The Morgan fingerprint density at radius 2 is 1.43 bits per heavy atom. The van der Waals surface area contributed by atoms with Crippen molar-refractivity contribution in [3.63, 3.8) is 0 Å². The summed E-state index contributed by atoms with van der Waals surface area (Å²) in [7, 11) is -8.48. The first kappa shape index (κ1) is 25.9. The van der Waals surface area contributed by atoms with Crippen LogP contribution in [0.25, 0.3) is 0 Å². The Hall–Kier alpha value is -0.320. The highest BCUT2D eigenvalue weighted by Gasteiger charge is 2.54. The first-order chi connectivity index (χ1) is 13.7. The van der Waals surface area contributed by atoms with E-state index in [2.05, 4.69) is 36.6 Å². The highest BCUT2D eigenvalue weighted by Crippen LogP contribution is 2.63. The lowest BCUT2D eigenvalue weighted by Crippen LogP contribution is -2.48. The Kier molecular flexibility index (Phi) is 8.36. The summed E-state index contributed by atoms with van der Waals surface area (Å²) in [6.07, 6.45) is 1.25. The Balaban J connectivity index is 2.73. The molecule has 0 bridgehead atoms. The van der Waals surface area contributed by atoms with Gasteiger partial charge in [-0.05, 0) is 96.0 Å². The van der Waals surface area contributed by atoms with Gasteiger partial charge in [0.1, 0.15) is 0 Å². The van der Waals surface area contributed by atoms with Gasteiger partial charge < -0.3 is 9.05 Å². The Morgan fingerprint density at radius 3 is 1.83 bits per heavy atom. The Bertz CT molecular complexity index is 1000. The molecule has 0 aliphatic heterocycles. The fourth-order valence-electron chi connectivity index (χ4n) is 2.59. The van der Waals surface area contributed by atoms with Crippen LogP contribution in [-0.2, 0) is 28.4 Å². The van der Waals surface area contributed by atoms with Crippen molar-refractivity contribution in [2.45, 2.75) is 50.1 Å². The number of sulfonamides is 1. The molecule has 2 rings (SSSR count). The summed E-state index contributed by atoms with van der Waals surface area (Å²) in [5, 5.41) is -1.64. The van der Waals surface area contributed by atoms with Crippen LogP contribution in [0.4, 0.5) is 0 Å². The molecule has 1 N–H and O–H groups in total. The zero-order valence-corrected chi connectivity index (χ0v) is 22.2. The molecule has 0 saturated heterocycles. The van der Waals surface area contributed by atoms with Crippen LogP contribution >= 0.6 is 51.1 Å². The molecule has 0 saturated carbocycles. The minimum absolute atomic E-state index is 0.00406. The van der Waals surface area contributed by atoms with Crippen molar-refractivity contribution in [1.29, 1.82) is 0 Å². The smallest absolute Gasteiger partial charge is 0.304 e. The molecule has 0 radical (unpaired) electrons. The summed E-state index contributed by atoms with van der Waals surface area (Å²) in [6, 6.07) is 5.45. The summed E-state index contributed by atoms with van der Waals surface area (Å²) in [6.45, 7) is 6.57. The van der Waals surface area contributed by atoms with Crippen molar-refractivity contribution < 1.29 is 26.8 Å². The summed E-state index contributed by atoms with van der Waals surface area (Å²) < 4.78 is 54.1. The van der Waals surface area contributed by atoms with E-state index >= 15 is 0 Å². The van der Waals surface area contributed by atoms with Gasteiger partial charge >= 0.3 is 7.60 Å². The van der Waals surface area contributed by atoms with Crippen LogP contribution in [0.5, 0.6) is 0 Å². The normalized spacial score (nSPS) is 17.3. The van der Waals surface area contributed by atoms with Crippen molar-refractivity contribution in [2.75, 3.05) is 0 Å². The predicted molar refractivity (Wildman–Crippen MR) is 124 cm³/mol. The molecule has 0 fully saturated rings. The van der Waals surface area contributed by atoms with E-state index in [-0.39, 0.29) is 13.9 Å². The molecule has 1 aromatic rings. The number of rotatable bonds is 8. The number of carbonyl (C=O) groups excluding carboxylic acids is 1. The van der Waals surface area contributed by atoms with E-state index in [1.165, 1.54) is 36.4 Å². The van der Waals surface area contributed by atoms with Gasteiger partial charge in [-0.15, -0.1) is 0 Å². The van der Waals surface area contributed by atoms with E-state index < -0.39 is 40.9 Å². The second-order valence-electron chi connectivity index (χ2n) is 7.00. The molecule has 0 atom stereocenters. The molecule has 0 spiro atoms.